The minimum atomic E-state index is -0.333. The van der Waals surface area contributed by atoms with E-state index in [4.69, 9.17) is 5.73 Å². The van der Waals surface area contributed by atoms with Gasteiger partial charge in [0.25, 0.3) is 0 Å². The van der Waals surface area contributed by atoms with E-state index >= 15 is 0 Å². The van der Waals surface area contributed by atoms with Crippen molar-refractivity contribution in [3.05, 3.63) is 11.6 Å². The average molecular weight is 198 g/mol. The Kier molecular flexibility index (Phi) is 7.11. The van der Waals surface area contributed by atoms with E-state index in [1.165, 1.54) is 19.3 Å². The molecule has 1 atom stereocenters. The first-order valence-corrected chi connectivity index (χ1v) is 5.27. The number of unbranched alkanes of at least 4 members (excludes halogenated alkanes) is 2. The van der Waals surface area contributed by atoms with Gasteiger partial charge in [0.15, 0.2) is 0 Å². The monoisotopic (exact) mass is 198 g/mol. The van der Waals surface area contributed by atoms with Crippen molar-refractivity contribution in [1.82, 2.24) is 5.32 Å². The zero-order valence-corrected chi connectivity index (χ0v) is 9.47. The number of carbonyl (C=O) groups is 1. The summed E-state index contributed by atoms with van der Waals surface area (Å²) in [7, 11) is 1.90. The lowest BCUT2D eigenvalue weighted by Crippen LogP contribution is -2.24. The molecule has 0 heterocycles. The van der Waals surface area contributed by atoms with E-state index < -0.39 is 0 Å². The number of nitrogens with two attached hydrogens (primary N) is 1. The van der Waals surface area contributed by atoms with Crippen LogP contribution in [0.1, 0.15) is 39.5 Å². The normalized spacial score (nSPS) is 14.1. The summed E-state index contributed by atoms with van der Waals surface area (Å²) in [5.41, 5.74) is 5.80. The van der Waals surface area contributed by atoms with Crippen LogP contribution in [0, 0.1) is 0 Å². The lowest BCUT2D eigenvalue weighted by atomic mass is 10.1. The molecule has 0 aromatic carbocycles. The molecule has 0 aromatic rings. The molecular weight excluding hydrogens is 176 g/mol. The molecule has 3 N–H and O–H groups in total. The molecule has 0 radical (unpaired) electrons. The van der Waals surface area contributed by atoms with Crippen molar-refractivity contribution in [2.75, 3.05) is 7.05 Å². The van der Waals surface area contributed by atoms with Crippen LogP contribution in [-0.2, 0) is 4.79 Å². The molecule has 3 heteroatoms. The SMILES string of the molecule is CCCCCC(C=C(C)C(N)=O)NC. The van der Waals surface area contributed by atoms with Gasteiger partial charge in [0.2, 0.25) is 5.91 Å². The van der Waals surface area contributed by atoms with Crippen molar-refractivity contribution in [2.24, 2.45) is 5.73 Å². The molecule has 0 fully saturated rings. The smallest absolute Gasteiger partial charge is 0.244 e. The van der Waals surface area contributed by atoms with Gasteiger partial charge in [0, 0.05) is 11.6 Å². The number of hydrogen-bond acceptors (Lipinski definition) is 2. The molecule has 82 valence electrons. The number of nitrogens with one attached hydrogen (secondary N) is 1. The highest BCUT2D eigenvalue weighted by molar-refractivity contribution is 5.91. The Bertz CT molecular complexity index is 199. The summed E-state index contributed by atoms with van der Waals surface area (Å²) in [6, 6.07) is 0.272. The number of rotatable bonds is 7. The van der Waals surface area contributed by atoms with Crippen LogP contribution in [0.25, 0.3) is 0 Å². The molecule has 0 aliphatic heterocycles. The minimum Gasteiger partial charge on any atom is -0.366 e. The molecule has 1 amide bonds. The van der Waals surface area contributed by atoms with Crippen molar-refractivity contribution in [3.63, 3.8) is 0 Å². The second-order valence-corrected chi connectivity index (χ2v) is 3.60. The summed E-state index contributed by atoms with van der Waals surface area (Å²) in [4.78, 5) is 10.8. The number of carbonyl (C=O) groups excluding carboxylic acids is 1. The topological polar surface area (TPSA) is 55.1 Å². The third kappa shape index (κ3) is 5.75. The molecule has 1 unspecified atom stereocenters. The van der Waals surface area contributed by atoms with Crippen LogP contribution in [-0.4, -0.2) is 19.0 Å². The Balaban J connectivity index is 4.01. The van der Waals surface area contributed by atoms with E-state index in [-0.39, 0.29) is 11.9 Å². The van der Waals surface area contributed by atoms with Crippen molar-refractivity contribution >= 4 is 5.91 Å². The first-order chi connectivity index (χ1) is 6.61. The molecule has 0 aliphatic rings. The maximum absolute atomic E-state index is 10.8. The molecule has 0 spiro atoms. The van der Waals surface area contributed by atoms with Gasteiger partial charge in [-0.25, -0.2) is 0 Å². The molecule has 14 heavy (non-hydrogen) atoms. The molecule has 0 aliphatic carbocycles. The summed E-state index contributed by atoms with van der Waals surface area (Å²) >= 11 is 0. The molecule has 0 saturated carbocycles. The maximum Gasteiger partial charge on any atom is 0.244 e. The fourth-order valence-corrected chi connectivity index (χ4v) is 1.31. The van der Waals surface area contributed by atoms with Crippen LogP contribution < -0.4 is 11.1 Å². The zero-order chi connectivity index (χ0) is 11.0. The van der Waals surface area contributed by atoms with Gasteiger partial charge < -0.3 is 11.1 Å². The number of primary amides is 1. The zero-order valence-electron chi connectivity index (χ0n) is 9.47. The van der Waals surface area contributed by atoms with Crippen LogP contribution in [0.4, 0.5) is 0 Å². The minimum absolute atomic E-state index is 0.272. The highest BCUT2D eigenvalue weighted by atomic mass is 16.1. The second-order valence-electron chi connectivity index (χ2n) is 3.60. The van der Waals surface area contributed by atoms with Gasteiger partial charge >= 0.3 is 0 Å². The summed E-state index contributed by atoms with van der Waals surface area (Å²) in [6.45, 7) is 3.94. The molecule has 0 rings (SSSR count). The van der Waals surface area contributed by atoms with E-state index in [9.17, 15) is 4.79 Å². The Labute approximate surface area is 86.8 Å². The Morgan fingerprint density at radius 1 is 1.50 bits per heavy atom. The van der Waals surface area contributed by atoms with E-state index in [1.54, 1.807) is 6.92 Å². The molecule has 0 bridgehead atoms. The van der Waals surface area contributed by atoms with Gasteiger partial charge in [-0.05, 0) is 20.4 Å². The number of hydrogen-bond donors (Lipinski definition) is 2. The fraction of sp³-hybridized carbons (Fsp3) is 0.727. The first-order valence-electron chi connectivity index (χ1n) is 5.27. The number of amides is 1. The number of likely N-dealkylation sites (N-methyl/N-ethyl adjacent to an activating group) is 1. The third-order valence-electron chi connectivity index (χ3n) is 2.33. The van der Waals surface area contributed by atoms with Crippen LogP contribution >= 0.6 is 0 Å². The van der Waals surface area contributed by atoms with Gasteiger partial charge in [-0.15, -0.1) is 0 Å². The van der Waals surface area contributed by atoms with E-state index in [1.807, 2.05) is 13.1 Å². The van der Waals surface area contributed by atoms with Crippen LogP contribution in [0.2, 0.25) is 0 Å². The van der Waals surface area contributed by atoms with Gasteiger partial charge in [0.05, 0.1) is 0 Å². The molecule has 0 aromatic heterocycles. The predicted octanol–water partition coefficient (Wildman–Crippen LogP) is 1.59. The summed E-state index contributed by atoms with van der Waals surface area (Å²) in [5, 5.41) is 3.16. The fourth-order valence-electron chi connectivity index (χ4n) is 1.31. The quantitative estimate of drug-likeness (QED) is 0.482. The predicted molar refractivity (Wildman–Crippen MR) is 59.9 cm³/mol. The van der Waals surface area contributed by atoms with Crippen molar-refractivity contribution < 1.29 is 4.79 Å². The third-order valence-corrected chi connectivity index (χ3v) is 2.33. The summed E-state index contributed by atoms with van der Waals surface area (Å²) < 4.78 is 0. The lowest BCUT2D eigenvalue weighted by Gasteiger charge is -2.11. The van der Waals surface area contributed by atoms with Crippen LogP contribution in [0.3, 0.4) is 0 Å². The van der Waals surface area contributed by atoms with Gasteiger partial charge in [-0.2, -0.15) is 0 Å². The second kappa shape index (κ2) is 7.56. The average Bonchev–Trinajstić information content (AvgIpc) is 2.16. The molecule has 3 nitrogen and oxygen atoms in total. The largest absolute Gasteiger partial charge is 0.366 e. The van der Waals surface area contributed by atoms with Crippen molar-refractivity contribution in [3.8, 4) is 0 Å². The summed E-state index contributed by atoms with van der Waals surface area (Å²) in [5.74, 6) is -0.333. The highest BCUT2D eigenvalue weighted by Crippen LogP contribution is 2.06. The van der Waals surface area contributed by atoms with Crippen molar-refractivity contribution in [1.29, 1.82) is 0 Å². The van der Waals surface area contributed by atoms with Crippen molar-refractivity contribution in [2.45, 2.75) is 45.6 Å². The standard InChI is InChI=1S/C11H22N2O/c1-4-5-6-7-10(13-3)8-9(2)11(12)14/h8,10,13H,4-7H2,1-3H3,(H2,12,14). The van der Waals surface area contributed by atoms with Gasteiger partial charge in [-0.3, -0.25) is 4.79 Å². The van der Waals surface area contributed by atoms with E-state index in [0.29, 0.717) is 5.57 Å². The van der Waals surface area contributed by atoms with Gasteiger partial charge in [0.1, 0.15) is 0 Å². The van der Waals surface area contributed by atoms with Gasteiger partial charge in [-0.1, -0.05) is 32.3 Å². The Hall–Kier alpha value is -0.830. The Morgan fingerprint density at radius 3 is 2.57 bits per heavy atom. The first kappa shape index (κ1) is 13.2. The van der Waals surface area contributed by atoms with Crippen LogP contribution in [0.5, 0.6) is 0 Å². The summed E-state index contributed by atoms with van der Waals surface area (Å²) in [6.07, 6.45) is 6.62. The lowest BCUT2D eigenvalue weighted by molar-refractivity contribution is -0.114. The highest BCUT2D eigenvalue weighted by Gasteiger charge is 2.04. The molecular formula is C11H22N2O. The Morgan fingerprint density at radius 2 is 2.14 bits per heavy atom. The van der Waals surface area contributed by atoms with E-state index in [0.717, 1.165) is 6.42 Å². The van der Waals surface area contributed by atoms with Crippen LogP contribution in [0.15, 0.2) is 11.6 Å². The van der Waals surface area contributed by atoms with E-state index in [2.05, 4.69) is 12.2 Å². The molecule has 0 saturated heterocycles. The maximum atomic E-state index is 10.8.